The van der Waals surface area contributed by atoms with E-state index in [1.165, 1.54) is 0 Å². The van der Waals surface area contributed by atoms with E-state index in [-0.39, 0.29) is 0 Å². The van der Waals surface area contributed by atoms with E-state index in [9.17, 15) is 18.4 Å². The molecule has 72 valence electrons. The molecule has 6 heteroatoms. The number of carbonyl (C=O) groups excluding carboxylic acids is 2. The van der Waals surface area contributed by atoms with Gasteiger partial charge < -0.3 is 4.74 Å². The average Bonchev–Trinajstić information content (AvgIpc) is 2.10. The molecule has 1 aliphatic carbocycles. The van der Waals surface area contributed by atoms with Gasteiger partial charge in [-0.1, -0.05) is 0 Å². The quantitative estimate of drug-likeness (QED) is 0.435. The lowest BCUT2D eigenvalue weighted by Crippen LogP contribution is -2.32. The molecule has 0 bridgehead atoms. The molecule has 1 amide bonds. The van der Waals surface area contributed by atoms with Gasteiger partial charge in [-0.15, -0.1) is 0 Å². The van der Waals surface area contributed by atoms with E-state index < -0.39 is 35.3 Å². The van der Waals surface area contributed by atoms with Gasteiger partial charge in [0.2, 0.25) is 0 Å². The number of esters is 1. The lowest BCUT2D eigenvalue weighted by molar-refractivity contribution is -0.132. The van der Waals surface area contributed by atoms with E-state index in [0.29, 0.717) is 0 Å². The van der Waals surface area contributed by atoms with Gasteiger partial charge in [0.25, 0.3) is 0 Å². The molecule has 0 radical (unpaired) electrons. The summed E-state index contributed by atoms with van der Waals surface area (Å²) in [4.78, 5) is 24.7. The molecule has 14 heavy (non-hydrogen) atoms. The predicted octanol–water partition coefficient (Wildman–Crippen LogP) is 1.24. The summed E-state index contributed by atoms with van der Waals surface area (Å²) in [6, 6.07) is 0. The third-order valence-electron chi connectivity index (χ3n) is 1.76. The number of aliphatic imine (C=N–C) groups is 1. The summed E-state index contributed by atoms with van der Waals surface area (Å²) in [6.45, 7) is 0. The second-order valence-corrected chi connectivity index (χ2v) is 2.64. The summed E-state index contributed by atoms with van der Waals surface area (Å²) in [5.74, 6) is -2.15. The highest BCUT2D eigenvalue weighted by atomic mass is 19.1. The topological polar surface area (TPSA) is 55.7 Å². The van der Waals surface area contributed by atoms with Crippen LogP contribution in [0.2, 0.25) is 0 Å². The number of alkyl halides is 1. The van der Waals surface area contributed by atoms with Crippen molar-refractivity contribution in [1.82, 2.24) is 0 Å². The Morgan fingerprint density at radius 3 is 2.86 bits per heavy atom. The normalized spacial score (nSPS) is 25.9. The Morgan fingerprint density at radius 1 is 1.43 bits per heavy atom. The Balaban J connectivity index is 2.60. The van der Waals surface area contributed by atoms with Crippen LogP contribution in [-0.2, 0) is 9.53 Å². The van der Waals surface area contributed by atoms with Crippen molar-refractivity contribution in [3.63, 3.8) is 0 Å². The van der Waals surface area contributed by atoms with E-state index in [0.717, 1.165) is 12.2 Å². The Bertz CT molecular complexity index is 422. The highest BCUT2D eigenvalue weighted by Crippen LogP contribution is 2.24. The summed E-state index contributed by atoms with van der Waals surface area (Å²) >= 11 is 0. The van der Waals surface area contributed by atoms with Crippen LogP contribution in [0.5, 0.6) is 0 Å². The standard InChI is InChI=1S/C8H3F2NO3/c9-3-1-2-4(10)6-5(3)7(12)14-8(13)11-6/h1-2,4H. The smallest absolute Gasteiger partial charge is 0.371 e. The number of cyclic esters (lactones) is 2. The average molecular weight is 199 g/mol. The number of amides is 1. The van der Waals surface area contributed by atoms with Crippen molar-refractivity contribution in [2.24, 2.45) is 4.99 Å². The maximum Gasteiger partial charge on any atom is 0.441 e. The van der Waals surface area contributed by atoms with Crippen LogP contribution >= 0.6 is 0 Å². The van der Waals surface area contributed by atoms with E-state index in [1.807, 2.05) is 0 Å². The lowest BCUT2D eigenvalue weighted by atomic mass is 9.99. The molecule has 1 atom stereocenters. The van der Waals surface area contributed by atoms with Crippen LogP contribution < -0.4 is 0 Å². The molecule has 1 unspecified atom stereocenters. The molecule has 0 aromatic carbocycles. The molecule has 0 spiro atoms. The Kier molecular flexibility index (Phi) is 1.77. The predicted molar refractivity (Wildman–Crippen MR) is 41.1 cm³/mol. The van der Waals surface area contributed by atoms with Crippen LogP contribution in [0.3, 0.4) is 0 Å². The van der Waals surface area contributed by atoms with Gasteiger partial charge in [-0.3, -0.25) is 0 Å². The highest BCUT2D eigenvalue weighted by Gasteiger charge is 2.36. The number of nitrogens with zero attached hydrogens (tertiary/aromatic N) is 1. The number of ether oxygens (including phenoxy) is 1. The van der Waals surface area contributed by atoms with Crippen molar-refractivity contribution in [3.05, 3.63) is 23.6 Å². The molecule has 1 aliphatic heterocycles. The number of halogens is 2. The summed E-state index contributed by atoms with van der Waals surface area (Å²) in [7, 11) is 0. The van der Waals surface area contributed by atoms with Crippen molar-refractivity contribution in [2.45, 2.75) is 6.17 Å². The van der Waals surface area contributed by atoms with Gasteiger partial charge >= 0.3 is 12.1 Å². The van der Waals surface area contributed by atoms with Gasteiger partial charge in [-0.2, -0.15) is 4.99 Å². The summed E-state index contributed by atoms with van der Waals surface area (Å²) in [6.07, 6.45) is -1.31. The van der Waals surface area contributed by atoms with Gasteiger partial charge in [-0.05, 0) is 12.2 Å². The molecule has 0 aromatic rings. The first-order chi connectivity index (χ1) is 6.59. The second kappa shape index (κ2) is 2.83. The SMILES string of the molecule is O=C1N=C2C(=C(F)C=CC2F)C(=O)O1. The third-order valence-corrected chi connectivity index (χ3v) is 1.76. The van der Waals surface area contributed by atoms with Crippen molar-refractivity contribution < 1.29 is 23.1 Å². The molecule has 0 aromatic heterocycles. The van der Waals surface area contributed by atoms with Gasteiger partial charge in [0, 0.05) is 0 Å². The van der Waals surface area contributed by atoms with Crippen LogP contribution in [0.1, 0.15) is 0 Å². The molecular weight excluding hydrogens is 196 g/mol. The number of hydrogen-bond acceptors (Lipinski definition) is 3. The molecule has 0 saturated carbocycles. The fourth-order valence-corrected chi connectivity index (χ4v) is 1.17. The first kappa shape index (κ1) is 8.74. The maximum atomic E-state index is 13.1. The van der Waals surface area contributed by atoms with Gasteiger partial charge in [-0.25, -0.2) is 18.4 Å². The largest absolute Gasteiger partial charge is 0.441 e. The van der Waals surface area contributed by atoms with Crippen LogP contribution in [0.25, 0.3) is 0 Å². The molecule has 0 N–H and O–H groups in total. The van der Waals surface area contributed by atoms with Crippen molar-refractivity contribution >= 4 is 17.8 Å². The van der Waals surface area contributed by atoms with E-state index >= 15 is 0 Å². The molecule has 1 heterocycles. The van der Waals surface area contributed by atoms with Gasteiger partial charge in [0.1, 0.15) is 17.1 Å². The summed E-state index contributed by atoms with van der Waals surface area (Å²) in [5.41, 5.74) is -1.13. The second-order valence-electron chi connectivity index (χ2n) is 2.64. The van der Waals surface area contributed by atoms with E-state index in [2.05, 4.69) is 9.73 Å². The monoisotopic (exact) mass is 199 g/mol. The molecule has 0 saturated heterocycles. The van der Waals surface area contributed by atoms with E-state index in [1.54, 1.807) is 0 Å². The Labute approximate surface area is 76.6 Å². The molecule has 0 fully saturated rings. The number of allylic oxidation sites excluding steroid dienone is 3. The van der Waals surface area contributed by atoms with E-state index in [4.69, 9.17) is 0 Å². The minimum Gasteiger partial charge on any atom is -0.371 e. The summed E-state index contributed by atoms with van der Waals surface area (Å²) < 4.78 is 30.1. The minimum atomic E-state index is -1.75. The maximum absolute atomic E-state index is 13.1. The van der Waals surface area contributed by atoms with Crippen molar-refractivity contribution in [1.29, 1.82) is 0 Å². The summed E-state index contributed by atoms with van der Waals surface area (Å²) in [5, 5.41) is 0. The molecule has 4 nitrogen and oxygen atoms in total. The Hall–Kier alpha value is -1.85. The third kappa shape index (κ3) is 1.15. The number of rotatable bonds is 0. The van der Waals surface area contributed by atoms with Crippen LogP contribution in [-0.4, -0.2) is 23.9 Å². The molecule has 2 rings (SSSR count). The minimum absolute atomic E-state index is 0.522. The molecule has 2 aliphatic rings. The fraction of sp³-hybridized carbons (Fsp3) is 0.125. The van der Waals surface area contributed by atoms with Crippen LogP contribution in [0.15, 0.2) is 28.5 Å². The Morgan fingerprint density at radius 2 is 2.14 bits per heavy atom. The zero-order valence-corrected chi connectivity index (χ0v) is 6.66. The highest BCUT2D eigenvalue weighted by molar-refractivity contribution is 6.28. The first-order valence-electron chi connectivity index (χ1n) is 3.66. The number of fused-ring (bicyclic) bond motifs is 1. The van der Waals surface area contributed by atoms with Crippen molar-refractivity contribution in [3.8, 4) is 0 Å². The van der Waals surface area contributed by atoms with Gasteiger partial charge in [0.15, 0.2) is 6.17 Å². The van der Waals surface area contributed by atoms with Crippen LogP contribution in [0, 0.1) is 0 Å². The van der Waals surface area contributed by atoms with Crippen LogP contribution in [0.4, 0.5) is 13.6 Å². The van der Waals surface area contributed by atoms with Crippen molar-refractivity contribution in [2.75, 3.05) is 0 Å². The number of hydrogen-bond donors (Lipinski definition) is 0. The lowest BCUT2D eigenvalue weighted by Gasteiger charge is -2.17. The van der Waals surface area contributed by atoms with Gasteiger partial charge in [0.05, 0.1) is 0 Å². The molecular formula is C8H3F2NO3. The zero-order chi connectivity index (χ0) is 10.3. The zero-order valence-electron chi connectivity index (χ0n) is 6.66. The first-order valence-corrected chi connectivity index (χ1v) is 3.66. The fourth-order valence-electron chi connectivity index (χ4n) is 1.17. The number of carbonyl (C=O) groups is 2.